The molecule has 2 N–H and O–H groups in total. The molecule has 1 aromatic carbocycles. The summed E-state index contributed by atoms with van der Waals surface area (Å²) in [6.07, 6.45) is 6.59. The second-order valence-electron chi connectivity index (χ2n) is 8.01. The minimum absolute atomic E-state index is 0.430. The van der Waals surface area contributed by atoms with E-state index in [1.54, 1.807) is 0 Å². The van der Waals surface area contributed by atoms with Gasteiger partial charge in [-0.25, -0.2) is 4.98 Å². The molecule has 0 spiro atoms. The summed E-state index contributed by atoms with van der Waals surface area (Å²) in [5.41, 5.74) is 3.62. The molecular weight excluding hydrogens is 372 g/mol. The Morgan fingerprint density at radius 2 is 1.83 bits per heavy atom. The smallest absolute Gasteiger partial charge is 0.191 e. The van der Waals surface area contributed by atoms with E-state index in [1.807, 2.05) is 20.0 Å². The van der Waals surface area contributed by atoms with Crippen molar-refractivity contribution >= 4 is 17.5 Å². The molecule has 0 unspecified atom stereocenters. The summed E-state index contributed by atoms with van der Waals surface area (Å²) in [5.74, 6) is 1.96. The Morgan fingerprint density at radius 3 is 2.57 bits per heavy atom. The summed E-state index contributed by atoms with van der Waals surface area (Å²) in [4.78, 5) is 13.8. The maximum atomic E-state index is 4.66. The van der Waals surface area contributed by atoms with Gasteiger partial charge in [-0.1, -0.05) is 30.4 Å². The zero-order chi connectivity index (χ0) is 20.8. The molecule has 1 aromatic heterocycles. The molecule has 1 saturated heterocycles. The molecule has 1 fully saturated rings. The van der Waals surface area contributed by atoms with E-state index in [0.29, 0.717) is 6.04 Å². The van der Waals surface area contributed by atoms with Crippen molar-refractivity contribution in [1.29, 1.82) is 0 Å². The predicted molar refractivity (Wildman–Crippen MR) is 125 cm³/mol. The monoisotopic (exact) mass is 404 g/mol. The van der Waals surface area contributed by atoms with Crippen molar-refractivity contribution in [1.82, 2.24) is 15.6 Å². The third-order valence-corrected chi connectivity index (χ3v) is 5.81. The van der Waals surface area contributed by atoms with Crippen LogP contribution in [0.5, 0.6) is 0 Å². The molecule has 2 aliphatic rings. The lowest BCUT2D eigenvalue weighted by Crippen LogP contribution is -2.48. The summed E-state index contributed by atoms with van der Waals surface area (Å²) in [5, 5.41) is 7.08. The fourth-order valence-corrected chi connectivity index (χ4v) is 4.08. The predicted octanol–water partition coefficient (Wildman–Crippen LogP) is 3.10. The third-order valence-electron chi connectivity index (χ3n) is 5.81. The Morgan fingerprint density at radius 1 is 1.07 bits per heavy atom. The second-order valence-corrected chi connectivity index (χ2v) is 8.01. The van der Waals surface area contributed by atoms with E-state index in [4.69, 9.17) is 0 Å². The quantitative estimate of drug-likeness (QED) is 0.456. The highest BCUT2D eigenvalue weighted by molar-refractivity contribution is 5.80. The molecule has 3 heterocycles. The molecule has 0 radical (unpaired) electrons. The molecule has 0 bridgehead atoms. The number of anilines is 2. The van der Waals surface area contributed by atoms with Gasteiger partial charge in [0.2, 0.25) is 0 Å². The first-order valence-corrected chi connectivity index (χ1v) is 10.9. The highest BCUT2D eigenvalue weighted by Gasteiger charge is 2.21. The minimum atomic E-state index is 0.430. The number of benzene rings is 1. The van der Waals surface area contributed by atoms with Crippen molar-refractivity contribution in [3.8, 4) is 0 Å². The van der Waals surface area contributed by atoms with E-state index in [1.165, 1.54) is 11.3 Å². The van der Waals surface area contributed by atoms with Crippen molar-refractivity contribution in [3.63, 3.8) is 0 Å². The van der Waals surface area contributed by atoms with E-state index in [2.05, 4.69) is 79.0 Å². The molecule has 0 amide bonds. The van der Waals surface area contributed by atoms with Gasteiger partial charge in [0.1, 0.15) is 5.82 Å². The normalized spacial score (nSPS) is 17.5. The first-order valence-electron chi connectivity index (χ1n) is 10.9. The van der Waals surface area contributed by atoms with Crippen LogP contribution in [0.2, 0.25) is 0 Å². The second kappa shape index (κ2) is 9.65. The molecule has 158 valence electrons. The number of rotatable bonds is 5. The molecule has 6 heteroatoms. The van der Waals surface area contributed by atoms with Gasteiger partial charge < -0.3 is 20.4 Å². The van der Waals surface area contributed by atoms with Crippen LogP contribution in [-0.4, -0.2) is 50.2 Å². The number of piperidine rings is 1. The lowest BCUT2D eigenvalue weighted by atomic mass is 10.1. The molecule has 4 rings (SSSR count). The van der Waals surface area contributed by atoms with E-state index < -0.39 is 0 Å². The van der Waals surface area contributed by atoms with Crippen LogP contribution in [0.25, 0.3) is 0 Å². The molecule has 0 aliphatic carbocycles. The molecule has 30 heavy (non-hydrogen) atoms. The summed E-state index contributed by atoms with van der Waals surface area (Å²) in [6.45, 7) is 6.83. The van der Waals surface area contributed by atoms with Crippen LogP contribution >= 0.6 is 0 Å². The Hall–Kier alpha value is -3.02. The van der Waals surface area contributed by atoms with E-state index >= 15 is 0 Å². The maximum Gasteiger partial charge on any atom is 0.191 e. The lowest BCUT2D eigenvalue weighted by molar-refractivity contribution is 0.459. The minimum Gasteiger partial charge on any atom is -0.364 e. The number of aromatic nitrogens is 1. The Labute approximate surface area is 179 Å². The largest absolute Gasteiger partial charge is 0.364 e. The van der Waals surface area contributed by atoms with Crippen LogP contribution in [0.4, 0.5) is 11.5 Å². The molecular formula is C24H32N6. The Kier molecular flexibility index (Phi) is 6.52. The fourth-order valence-electron chi connectivity index (χ4n) is 4.08. The zero-order valence-electron chi connectivity index (χ0n) is 18.0. The van der Waals surface area contributed by atoms with Crippen LogP contribution < -0.4 is 20.4 Å². The standard InChI is InChI=1S/C24H32N6/c1-19-7-5-10-23(27-19)30-15-11-21(12-16-30)28-24(25-2)26-18-20-8-6-9-22(17-20)29-13-3-4-14-29/h3-10,17,21H,11-16,18H2,1-2H3,(H2,25,26,28). The van der Waals surface area contributed by atoms with Gasteiger partial charge in [-0.05, 0) is 49.6 Å². The van der Waals surface area contributed by atoms with Crippen molar-refractivity contribution < 1.29 is 0 Å². The number of hydrogen-bond donors (Lipinski definition) is 2. The Balaban J connectivity index is 1.26. The molecule has 2 aromatic rings. The van der Waals surface area contributed by atoms with Crippen molar-refractivity contribution in [2.45, 2.75) is 32.4 Å². The average Bonchev–Trinajstić information content (AvgIpc) is 3.32. The van der Waals surface area contributed by atoms with Gasteiger partial charge in [-0.2, -0.15) is 0 Å². The van der Waals surface area contributed by atoms with Gasteiger partial charge in [0.05, 0.1) is 0 Å². The van der Waals surface area contributed by atoms with Crippen molar-refractivity contribution in [3.05, 3.63) is 65.9 Å². The van der Waals surface area contributed by atoms with Crippen molar-refractivity contribution in [2.75, 3.05) is 43.0 Å². The average molecular weight is 405 g/mol. The lowest BCUT2D eigenvalue weighted by Gasteiger charge is -2.34. The van der Waals surface area contributed by atoms with Crippen LogP contribution in [0.15, 0.2) is 59.6 Å². The van der Waals surface area contributed by atoms with Gasteiger partial charge in [0, 0.05) is 57.2 Å². The molecule has 2 aliphatic heterocycles. The van der Waals surface area contributed by atoms with Crippen LogP contribution in [0.3, 0.4) is 0 Å². The first-order chi connectivity index (χ1) is 14.7. The first kappa shape index (κ1) is 20.3. The highest BCUT2D eigenvalue weighted by Crippen LogP contribution is 2.19. The summed E-state index contributed by atoms with van der Waals surface area (Å²) in [6, 6.07) is 15.4. The Bertz CT molecular complexity index is 890. The van der Waals surface area contributed by atoms with E-state index in [0.717, 1.165) is 63.0 Å². The highest BCUT2D eigenvalue weighted by atomic mass is 15.2. The zero-order valence-corrected chi connectivity index (χ0v) is 18.0. The number of aliphatic imine (C=N–C) groups is 1. The summed E-state index contributed by atoms with van der Waals surface area (Å²) >= 11 is 0. The molecule has 0 saturated carbocycles. The van der Waals surface area contributed by atoms with Crippen LogP contribution in [0, 0.1) is 6.92 Å². The fraction of sp³-hybridized carbons (Fsp3) is 0.417. The SMILES string of the molecule is CN=C(NCc1cccc(N2CC=CC2)c1)NC1CCN(c2cccc(C)n2)CC1. The number of nitrogens with zero attached hydrogens (tertiary/aromatic N) is 4. The van der Waals surface area contributed by atoms with Gasteiger partial charge in [0.25, 0.3) is 0 Å². The third kappa shape index (κ3) is 5.12. The van der Waals surface area contributed by atoms with Crippen LogP contribution in [-0.2, 0) is 6.54 Å². The van der Waals surface area contributed by atoms with Gasteiger partial charge in [-0.15, -0.1) is 0 Å². The topological polar surface area (TPSA) is 55.8 Å². The van der Waals surface area contributed by atoms with E-state index in [9.17, 15) is 0 Å². The molecule has 6 nitrogen and oxygen atoms in total. The number of nitrogens with one attached hydrogen (secondary N) is 2. The number of aryl methyl sites for hydroxylation is 1. The summed E-state index contributed by atoms with van der Waals surface area (Å²) in [7, 11) is 1.84. The number of pyridine rings is 1. The maximum absolute atomic E-state index is 4.66. The van der Waals surface area contributed by atoms with E-state index in [-0.39, 0.29) is 0 Å². The number of hydrogen-bond acceptors (Lipinski definition) is 4. The van der Waals surface area contributed by atoms with Crippen LogP contribution in [0.1, 0.15) is 24.1 Å². The summed E-state index contributed by atoms with van der Waals surface area (Å²) < 4.78 is 0. The van der Waals surface area contributed by atoms with Gasteiger partial charge >= 0.3 is 0 Å². The molecule has 0 atom stereocenters. The van der Waals surface area contributed by atoms with Crippen molar-refractivity contribution in [2.24, 2.45) is 4.99 Å². The van der Waals surface area contributed by atoms with Gasteiger partial charge in [-0.3, -0.25) is 4.99 Å². The van der Waals surface area contributed by atoms with Gasteiger partial charge in [0.15, 0.2) is 5.96 Å². The number of guanidine groups is 1.